The van der Waals surface area contributed by atoms with Crippen LogP contribution in [0.4, 0.5) is 5.00 Å². The van der Waals surface area contributed by atoms with Gasteiger partial charge < -0.3 is 10.5 Å². The minimum atomic E-state index is -0.459. The second kappa shape index (κ2) is 5.11. The van der Waals surface area contributed by atoms with Crippen molar-refractivity contribution < 1.29 is 9.53 Å². The number of carbonyl (C=O) groups is 1. The third kappa shape index (κ3) is 2.92. The molecule has 5 heteroatoms. The Balaban J connectivity index is 2.81. The van der Waals surface area contributed by atoms with Crippen LogP contribution in [-0.2, 0) is 11.2 Å². The molecule has 1 aromatic rings. The first-order chi connectivity index (χ1) is 7.08. The Labute approximate surface area is 93.5 Å². The van der Waals surface area contributed by atoms with Crippen LogP contribution in [0.3, 0.4) is 0 Å². The predicted molar refractivity (Wildman–Crippen MR) is 61.0 cm³/mol. The first-order valence-corrected chi connectivity index (χ1v) is 5.73. The zero-order chi connectivity index (χ0) is 11.4. The van der Waals surface area contributed by atoms with E-state index < -0.39 is 5.97 Å². The number of nitrogens with two attached hydrogens (primary N) is 1. The Morgan fingerprint density at radius 1 is 1.67 bits per heavy atom. The van der Waals surface area contributed by atoms with E-state index in [0.717, 1.165) is 17.8 Å². The molecule has 15 heavy (non-hydrogen) atoms. The number of rotatable bonds is 4. The standard InChI is InChI=1S/C10H16N2O2S/c1-4-6(2)5-7-12-8(9(11)15-7)10(13)14-3/h6H,4-5,11H2,1-3H3. The predicted octanol–water partition coefficient (Wildman–Crippen LogP) is 2.10. The number of thiazole rings is 1. The lowest BCUT2D eigenvalue weighted by Crippen LogP contribution is -2.05. The highest BCUT2D eigenvalue weighted by molar-refractivity contribution is 7.15. The van der Waals surface area contributed by atoms with Crippen LogP contribution in [0.1, 0.15) is 35.8 Å². The molecule has 0 aliphatic heterocycles. The van der Waals surface area contributed by atoms with Crippen molar-refractivity contribution in [2.45, 2.75) is 26.7 Å². The highest BCUT2D eigenvalue weighted by Crippen LogP contribution is 2.24. The molecule has 0 saturated carbocycles. The fourth-order valence-electron chi connectivity index (χ4n) is 1.15. The Morgan fingerprint density at radius 3 is 2.87 bits per heavy atom. The first-order valence-electron chi connectivity index (χ1n) is 4.92. The van der Waals surface area contributed by atoms with Gasteiger partial charge in [0.2, 0.25) is 0 Å². The Bertz CT molecular complexity index is 349. The summed E-state index contributed by atoms with van der Waals surface area (Å²) in [6.45, 7) is 4.28. The minimum absolute atomic E-state index is 0.251. The van der Waals surface area contributed by atoms with E-state index in [1.54, 1.807) is 0 Å². The Morgan fingerprint density at radius 2 is 2.33 bits per heavy atom. The van der Waals surface area contributed by atoms with Crippen molar-refractivity contribution >= 4 is 22.3 Å². The van der Waals surface area contributed by atoms with E-state index in [9.17, 15) is 4.79 Å². The van der Waals surface area contributed by atoms with Gasteiger partial charge in [0.1, 0.15) is 5.00 Å². The fraction of sp³-hybridized carbons (Fsp3) is 0.600. The van der Waals surface area contributed by atoms with Crippen LogP contribution in [0.15, 0.2) is 0 Å². The molecule has 1 rings (SSSR count). The maximum atomic E-state index is 11.2. The quantitative estimate of drug-likeness (QED) is 0.801. The van der Waals surface area contributed by atoms with E-state index in [2.05, 4.69) is 23.6 Å². The minimum Gasteiger partial charge on any atom is -0.464 e. The van der Waals surface area contributed by atoms with Gasteiger partial charge in [-0.15, -0.1) is 11.3 Å². The highest BCUT2D eigenvalue weighted by Gasteiger charge is 2.17. The van der Waals surface area contributed by atoms with Crippen molar-refractivity contribution in [2.75, 3.05) is 12.8 Å². The van der Waals surface area contributed by atoms with Crippen molar-refractivity contribution in [3.8, 4) is 0 Å². The number of methoxy groups -OCH3 is 1. The van der Waals surface area contributed by atoms with Gasteiger partial charge in [-0.25, -0.2) is 9.78 Å². The molecule has 0 radical (unpaired) electrons. The molecule has 0 aliphatic rings. The van der Waals surface area contributed by atoms with Crippen molar-refractivity contribution in [3.05, 3.63) is 10.7 Å². The number of hydrogen-bond acceptors (Lipinski definition) is 5. The van der Waals surface area contributed by atoms with E-state index in [4.69, 9.17) is 5.73 Å². The summed E-state index contributed by atoms with van der Waals surface area (Å²) in [6, 6.07) is 0. The summed E-state index contributed by atoms with van der Waals surface area (Å²) in [4.78, 5) is 15.4. The molecule has 0 amide bonds. The molecule has 1 atom stereocenters. The van der Waals surface area contributed by atoms with Crippen molar-refractivity contribution in [1.29, 1.82) is 0 Å². The summed E-state index contributed by atoms with van der Waals surface area (Å²) >= 11 is 1.37. The molecule has 0 aromatic carbocycles. The lowest BCUT2D eigenvalue weighted by Gasteiger charge is -2.03. The maximum absolute atomic E-state index is 11.2. The van der Waals surface area contributed by atoms with Crippen LogP contribution in [0, 0.1) is 5.92 Å². The zero-order valence-electron chi connectivity index (χ0n) is 9.24. The Kier molecular flexibility index (Phi) is 4.08. The zero-order valence-corrected chi connectivity index (χ0v) is 10.1. The highest BCUT2D eigenvalue weighted by atomic mass is 32.1. The summed E-state index contributed by atoms with van der Waals surface area (Å²) < 4.78 is 4.59. The summed E-state index contributed by atoms with van der Waals surface area (Å²) in [5.74, 6) is 0.0974. The number of nitrogen functional groups attached to an aromatic ring is 1. The van der Waals surface area contributed by atoms with Crippen LogP contribution in [0.5, 0.6) is 0 Å². The number of nitrogens with zero attached hydrogens (tertiary/aromatic N) is 1. The monoisotopic (exact) mass is 228 g/mol. The van der Waals surface area contributed by atoms with Gasteiger partial charge in [0.25, 0.3) is 0 Å². The molecule has 0 fully saturated rings. The van der Waals surface area contributed by atoms with Gasteiger partial charge >= 0.3 is 5.97 Å². The average molecular weight is 228 g/mol. The normalized spacial score (nSPS) is 12.5. The summed E-state index contributed by atoms with van der Waals surface area (Å²) in [7, 11) is 1.33. The second-order valence-electron chi connectivity index (χ2n) is 3.53. The largest absolute Gasteiger partial charge is 0.464 e. The van der Waals surface area contributed by atoms with Crippen LogP contribution < -0.4 is 5.73 Å². The van der Waals surface area contributed by atoms with Gasteiger partial charge in [0.05, 0.1) is 12.1 Å². The number of ether oxygens (including phenoxy) is 1. The van der Waals surface area contributed by atoms with E-state index in [1.807, 2.05) is 0 Å². The molecule has 1 unspecified atom stereocenters. The van der Waals surface area contributed by atoms with Gasteiger partial charge in [-0.1, -0.05) is 20.3 Å². The third-order valence-corrected chi connectivity index (χ3v) is 3.20. The molecule has 0 aliphatic carbocycles. The molecule has 1 heterocycles. The summed E-state index contributed by atoms with van der Waals surface area (Å²) in [5, 5.41) is 1.35. The molecular weight excluding hydrogens is 212 g/mol. The fourth-order valence-corrected chi connectivity index (χ4v) is 2.13. The molecule has 0 spiro atoms. The lowest BCUT2D eigenvalue weighted by atomic mass is 10.1. The Hall–Kier alpha value is -1.10. The topological polar surface area (TPSA) is 65.2 Å². The van der Waals surface area contributed by atoms with Crippen LogP contribution in [0.25, 0.3) is 0 Å². The number of hydrogen-bond donors (Lipinski definition) is 1. The van der Waals surface area contributed by atoms with Gasteiger partial charge in [-0.3, -0.25) is 0 Å². The molecule has 1 aromatic heterocycles. The van der Waals surface area contributed by atoms with E-state index in [0.29, 0.717) is 10.9 Å². The number of aromatic nitrogens is 1. The molecule has 2 N–H and O–H groups in total. The summed E-state index contributed by atoms with van der Waals surface area (Å²) in [6.07, 6.45) is 1.95. The van der Waals surface area contributed by atoms with Crippen molar-refractivity contribution in [3.63, 3.8) is 0 Å². The van der Waals surface area contributed by atoms with Crippen molar-refractivity contribution in [2.24, 2.45) is 5.92 Å². The van der Waals surface area contributed by atoms with Crippen LogP contribution in [-0.4, -0.2) is 18.1 Å². The molecular formula is C10H16N2O2S. The maximum Gasteiger partial charge on any atom is 0.359 e. The van der Waals surface area contributed by atoms with Gasteiger partial charge in [0, 0.05) is 6.42 Å². The lowest BCUT2D eigenvalue weighted by molar-refractivity contribution is 0.0596. The van der Waals surface area contributed by atoms with E-state index in [1.165, 1.54) is 18.4 Å². The summed E-state index contributed by atoms with van der Waals surface area (Å²) in [5.41, 5.74) is 5.94. The third-order valence-electron chi connectivity index (χ3n) is 2.30. The van der Waals surface area contributed by atoms with Gasteiger partial charge in [0.15, 0.2) is 5.69 Å². The molecule has 0 saturated heterocycles. The van der Waals surface area contributed by atoms with E-state index >= 15 is 0 Å². The van der Waals surface area contributed by atoms with E-state index in [-0.39, 0.29) is 5.69 Å². The van der Waals surface area contributed by atoms with Crippen LogP contribution in [0.2, 0.25) is 0 Å². The van der Waals surface area contributed by atoms with Gasteiger partial charge in [-0.2, -0.15) is 0 Å². The smallest absolute Gasteiger partial charge is 0.359 e. The molecule has 0 bridgehead atoms. The average Bonchev–Trinajstić information content (AvgIpc) is 2.58. The number of anilines is 1. The van der Waals surface area contributed by atoms with Gasteiger partial charge in [-0.05, 0) is 5.92 Å². The first kappa shape index (κ1) is 12.0. The number of carbonyl (C=O) groups excluding carboxylic acids is 1. The second-order valence-corrected chi connectivity index (χ2v) is 4.64. The van der Waals surface area contributed by atoms with Crippen molar-refractivity contribution in [1.82, 2.24) is 4.98 Å². The molecule has 4 nitrogen and oxygen atoms in total. The number of esters is 1. The SMILES string of the molecule is CCC(C)Cc1nc(C(=O)OC)c(N)s1. The van der Waals surface area contributed by atoms with Crippen LogP contribution >= 0.6 is 11.3 Å². The molecule has 84 valence electrons.